The molecule has 17 heavy (non-hydrogen) atoms. The van der Waals surface area contributed by atoms with Crippen LogP contribution in [-0.2, 0) is 9.59 Å². The fourth-order valence-corrected chi connectivity index (χ4v) is 1.70. The number of amides is 2. The van der Waals surface area contributed by atoms with Gasteiger partial charge in [0.05, 0.1) is 0 Å². The summed E-state index contributed by atoms with van der Waals surface area (Å²) in [5, 5.41) is 2.67. The minimum Gasteiger partial charge on any atom is -0.370 e. The molecule has 2 amide bonds. The molecular weight excluding hydrogens is 216 g/mol. The molecule has 0 radical (unpaired) electrons. The summed E-state index contributed by atoms with van der Waals surface area (Å²) in [6.45, 7) is 4.63. The zero-order valence-corrected chi connectivity index (χ0v) is 10.4. The Kier molecular flexibility index (Phi) is 4.94. The molecule has 0 fully saturated rings. The molecule has 0 bridgehead atoms. The van der Waals surface area contributed by atoms with Crippen molar-refractivity contribution in [1.29, 1.82) is 0 Å². The Bertz CT molecular complexity index is 356. The maximum absolute atomic E-state index is 11.7. The van der Waals surface area contributed by atoms with Crippen LogP contribution in [0.2, 0.25) is 0 Å². The standard InChI is InChI=1S/C13H20N2O2/c1-9(2)10-3-5-11(6-4-10)13(17)15-8-7-12(14)16/h3,5-6,9-10H,4,7-8H2,1-2H3,(H2,14,16)(H,15,17). The average molecular weight is 236 g/mol. The van der Waals surface area contributed by atoms with E-state index in [1.165, 1.54) is 0 Å². The Labute approximate surface area is 102 Å². The van der Waals surface area contributed by atoms with Gasteiger partial charge in [0.1, 0.15) is 0 Å². The molecule has 0 spiro atoms. The van der Waals surface area contributed by atoms with E-state index in [0.717, 1.165) is 6.42 Å². The Morgan fingerprint density at radius 2 is 2.24 bits per heavy atom. The first-order valence-corrected chi connectivity index (χ1v) is 5.95. The quantitative estimate of drug-likeness (QED) is 0.751. The van der Waals surface area contributed by atoms with Crippen molar-refractivity contribution < 1.29 is 9.59 Å². The largest absolute Gasteiger partial charge is 0.370 e. The van der Waals surface area contributed by atoms with Crippen molar-refractivity contribution in [3.63, 3.8) is 0 Å². The van der Waals surface area contributed by atoms with Gasteiger partial charge in [-0.3, -0.25) is 9.59 Å². The lowest BCUT2D eigenvalue weighted by atomic mass is 9.87. The van der Waals surface area contributed by atoms with E-state index >= 15 is 0 Å². The molecule has 1 aliphatic rings. The maximum Gasteiger partial charge on any atom is 0.250 e. The van der Waals surface area contributed by atoms with Crippen LogP contribution < -0.4 is 11.1 Å². The van der Waals surface area contributed by atoms with Crippen LogP contribution in [0.4, 0.5) is 0 Å². The molecule has 1 unspecified atom stereocenters. The minimum absolute atomic E-state index is 0.135. The van der Waals surface area contributed by atoms with Gasteiger partial charge in [-0.1, -0.05) is 32.1 Å². The number of hydrogen-bond donors (Lipinski definition) is 2. The second kappa shape index (κ2) is 6.23. The van der Waals surface area contributed by atoms with E-state index in [2.05, 4.69) is 25.2 Å². The number of rotatable bonds is 5. The molecular formula is C13H20N2O2. The number of allylic oxidation sites excluding steroid dienone is 2. The summed E-state index contributed by atoms with van der Waals surface area (Å²) in [7, 11) is 0. The molecule has 0 saturated carbocycles. The van der Waals surface area contributed by atoms with E-state index in [9.17, 15) is 9.59 Å². The Balaban J connectivity index is 2.40. The average Bonchev–Trinajstić information content (AvgIpc) is 2.28. The highest BCUT2D eigenvalue weighted by Gasteiger charge is 2.15. The second-order valence-corrected chi connectivity index (χ2v) is 4.63. The lowest BCUT2D eigenvalue weighted by Crippen LogP contribution is -2.29. The van der Waals surface area contributed by atoms with Crippen molar-refractivity contribution in [2.45, 2.75) is 26.7 Å². The van der Waals surface area contributed by atoms with Gasteiger partial charge in [0.2, 0.25) is 5.91 Å². The predicted octanol–water partition coefficient (Wildman–Crippen LogP) is 1.14. The highest BCUT2D eigenvalue weighted by molar-refractivity contribution is 5.96. The van der Waals surface area contributed by atoms with Gasteiger partial charge in [0.25, 0.3) is 5.91 Å². The number of hydrogen-bond acceptors (Lipinski definition) is 2. The summed E-state index contributed by atoms with van der Waals surface area (Å²) in [5.74, 6) is 0.558. The molecule has 0 heterocycles. The van der Waals surface area contributed by atoms with Crippen molar-refractivity contribution in [3.05, 3.63) is 23.8 Å². The second-order valence-electron chi connectivity index (χ2n) is 4.63. The summed E-state index contributed by atoms with van der Waals surface area (Å²) in [6, 6.07) is 0. The molecule has 4 nitrogen and oxygen atoms in total. The van der Waals surface area contributed by atoms with E-state index in [1.54, 1.807) is 0 Å². The van der Waals surface area contributed by atoms with Gasteiger partial charge in [0.15, 0.2) is 0 Å². The zero-order valence-electron chi connectivity index (χ0n) is 10.4. The molecule has 1 aliphatic carbocycles. The van der Waals surface area contributed by atoms with Gasteiger partial charge < -0.3 is 11.1 Å². The normalized spacial score (nSPS) is 19.0. The Hall–Kier alpha value is -1.58. The first-order chi connectivity index (χ1) is 8.00. The number of carbonyl (C=O) groups excluding carboxylic acids is 2. The van der Waals surface area contributed by atoms with Crippen LogP contribution in [-0.4, -0.2) is 18.4 Å². The molecule has 3 N–H and O–H groups in total. The smallest absolute Gasteiger partial charge is 0.250 e. The van der Waals surface area contributed by atoms with E-state index in [0.29, 0.717) is 24.0 Å². The first-order valence-electron chi connectivity index (χ1n) is 5.95. The summed E-state index contributed by atoms with van der Waals surface area (Å²) in [5.41, 5.74) is 5.66. The van der Waals surface area contributed by atoms with Crippen molar-refractivity contribution in [1.82, 2.24) is 5.32 Å². The minimum atomic E-state index is -0.404. The summed E-state index contributed by atoms with van der Waals surface area (Å²) in [6.07, 6.45) is 6.95. The van der Waals surface area contributed by atoms with Gasteiger partial charge >= 0.3 is 0 Å². The van der Waals surface area contributed by atoms with Crippen LogP contribution in [0.1, 0.15) is 26.7 Å². The third-order valence-corrected chi connectivity index (χ3v) is 2.91. The first kappa shape index (κ1) is 13.5. The monoisotopic (exact) mass is 236 g/mol. The van der Waals surface area contributed by atoms with E-state index in [1.807, 2.05) is 12.2 Å². The number of carbonyl (C=O) groups is 2. The third kappa shape index (κ3) is 4.43. The molecule has 0 aromatic heterocycles. The van der Waals surface area contributed by atoms with Gasteiger partial charge in [0, 0.05) is 18.5 Å². The number of nitrogens with one attached hydrogen (secondary N) is 1. The lowest BCUT2D eigenvalue weighted by Gasteiger charge is -2.19. The summed E-state index contributed by atoms with van der Waals surface area (Å²) < 4.78 is 0. The molecule has 0 aromatic carbocycles. The lowest BCUT2D eigenvalue weighted by molar-refractivity contribution is -0.118. The highest BCUT2D eigenvalue weighted by Crippen LogP contribution is 2.23. The van der Waals surface area contributed by atoms with Crippen molar-refractivity contribution >= 4 is 11.8 Å². The van der Waals surface area contributed by atoms with Gasteiger partial charge in [-0.05, 0) is 18.3 Å². The summed E-state index contributed by atoms with van der Waals surface area (Å²) >= 11 is 0. The van der Waals surface area contributed by atoms with Crippen LogP contribution >= 0.6 is 0 Å². The zero-order chi connectivity index (χ0) is 12.8. The molecule has 0 aromatic rings. The molecule has 1 rings (SSSR count). The van der Waals surface area contributed by atoms with Crippen LogP contribution in [0, 0.1) is 11.8 Å². The van der Waals surface area contributed by atoms with E-state index in [4.69, 9.17) is 5.73 Å². The molecule has 0 saturated heterocycles. The summed E-state index contributed by atoms with van der Waals surface area (Å²) in [4.78, 5) is 22.2. The number of nitrogens with two attached hydrogens (primary N) is 1. The van der Waals surface area contributed by atoms with Crippen LogP contribution in [0.3, 0.4) is 0 Å². The molecule has 1 atom stereocenters. The van der Waals surface area contributed by atoms with E-state index < -0.39 is 5.91 Å². The predicted molar refractivity (Wildman–Crippen MR) is 67.0 cm³/mol. The van der Waals surface area contributed by atoms with Crippen molar-refractivity contribution in [2.75, 3.05) is 6.54 Å². The molecule has 4 heteroatoms. The van der Waals surface area contributed by atoms with Crippen LogP contribution in [0.15, 0.2) is 23.8 Å². The van der Waals surface area contributed by atoms with Crippen molar-refractivity contribution in [3.8, 4) is 0 Å². The van der Waals surface area contributed by atoms with Crippen LogP contribution in [0.25, 0.3) is 0 Å². The fraction of sp³-hybridized carbons (Fsp3) is 0.538. The van der Waals surface area contributed by atoms with Crippen LogP contribution in [0.5, 0.6) is 0 Å². The SMILES string of the molecule is CC(C)C1C=CC(C(=O)NCCC(N)=O)=CC1. The molecule has 94 valence electrons. The van der Waals surface area contributed by atoms with Gasteiger partial charge in [-0.25, -0.2) is 0 Å². The maximum atomic E-state index is 11.7. The number of primary amides is 1. The Morgan fingerprint density at radius 3 is 2.71 bits per heavy atom. The highest BCUT2D eigenvalue weighted by atomic mass is 16.2. The van der Waals surface area contributed by atoms with Crippen molar-refractivity contribution in [2.24, 2.45) is 17.6 Å². The Morgan fingerprint density at radius 1 is 1.53 bits per heavy atom. The molecule has 0 aliphatic heterocycles. The third-order valence-electron chi connectivity index (χ3n) is 2.91. The van der Waals surface area contributed by atoms with Gasteiger partial charge in [-0.15, -0.1) is 0 Å². The topological polar surface area (TPSA) is 72.2 Å². The van der Waals surface area contributed by atoms with Gasteiger partial charge in [-0.2, -0.15) is 0 Å². The van der Waals surface area contributed by atoms with E-state index in [-0.39, 0.29) is 12.3 Å². The fourth-order valence-electron chi connectivity index (χ4n) is 1.70.